The number of carbonyl (C=O) groups excluding carboxylic acids is 1. The Morgan fingerprint density at radius 1 is 1.04 bits per heavy atom. The Balaban J connectivity index is 2.40. The summed E-state index contributed by atoms with van der Waals surface area (Å²) in [4.78, 5) is 11.8. The molecule has 0 radical (unpaired) electrons. The molecule has 0 aliphatic heterocycles. The van der Waals surface area contributed by atoms with Gasteiger partial charge in [-0.2, -0.15) is 21.6 Å². The summed E-state index contributed by atoms with van der Waals surface area (Å²) in [6, 6.07) is 8.75. The lowest BCUT2D eigenvalue weighted by Gasteiger charge is -2.20. The van der Waals surface area contributed by atoms with Crippen molar-refractivity contribution in [2.45, 2.75) is 31.9 Å². The quantitative estimate of drug-likeness (QED) is 0.427. The van der Waals surface area contributed by atoms with E-state index in [-0.39, 0.29) is 11.1 Å². The van der Waals surface area contributed by atoms with Gasteiger partial charge in [-0.15, -0.1) is 0 Å². The van der Waals surface area contributed by atoms with Crippen LogP contribution in [0, 0.1) is 0 Å². The zero-order valence-electron chi connectivity index (χ0n) is 14.7. The zero-order valence-corrected chi connectivity index (χ0v) is 15.5. The van der Waals surface area contributed by atoms with Crippen molar-refractivity contribution in [3.63, 3.8) is 0 Å². The second-order valence-corrected chi connectivity index (χ2v) is 8.01. The molecule has 0 unspecified atom stereocenters. The fourth-order valence-electron chi connectivity index (χ4n) is 2.09. The number of benzene rings is 2. The summed E-state index contributed by atoms with van der Waals surface area (Å²) in [6.07, 6.45) is 0. The minimum absolute atomic E-state index is 0.0759. The van der Waals surface area contributed by atoms with Gasteiger partial charge in [0.25, 0.3) is 0 Å². The van der Waals surface area contributed by atoms with Crippen LogP contribution >= 0.6 is 0 Å². The summed E-state index contributed by atoms with van der Waals surface area (Å²) < 4.78 is 75.6. The predicted molar refractivity (Wildman–Crippen MR) is 90.9 cm³/mol. The zero-order chi connectivity index (χ0) is 20.5. The van der Waals surface area contributed by atoms with Gasteiger partial charge in [0.1, 0.15) is 5.60 Å². The van der Waals surface area contributed by atoms with Gasteiger partial charge in [-0.1, -0.05) is 30.3 Å². The molecule has 0 aromatic heterocycles. The highest BCUT2D eigenvalue weighted by molar-refractivity contribution is 7.88. The summed E-state index contributed by atoms with van der Waals surface area (Å²) in [5, 5.41) is 0.501. The van der Waals surface area contributed by atoms with Gasteiger partial charge in [-0.3, -0.25) is 0 Å². The van der Waals surface area contributed by atoms with Crippen LogP contribution < -0.4 is 8.92 Å². The average Bonchev–Trinajstić information content (AvgIpc) is 2.51. The Morgan fingerprint density at radius 2 is 1.67 bits per heavy atom. The molecule has 0 spiro atoms. The van der Waals surface area contributed by atoms with Crippen LogP contribution in [0.25, 0.3) is 10.8 Å². The van der Waals surface area contributed by atoms with Crippen molar-refractivity contribution in [3.05, 3.63) is 36.4 Å². The van der Waals surface area contributed by atoms with Crippen molar-refractivity contribution in [2.24, 2.45) is 0 Å². The summed E-state index contributed by atoms with van der Waals surface area (Å²) in [7, 11) is -5.93. The van der Waals surface area contributed by atoms with E-state index in [4.69, 9.17) is 9.47 Å². The van der Waals surface area contributed by atoms with Crippen LogP contribution in [0.2, 0.25) is 0 Å². The van der Waals surface area contributed by atoms with E-state index in [2.05, 4.69) is 4.18 Å². The van der Waals surface area contributed by atoms with Crippen molar-refractivity contribution in [2.75, 3.05) is 6.61 Å². The Bertz CT molecular complexity index is 945. The van der Waals surface area contributed by atoms with Crippen molar-refractivity contribution < 1.29 is 40.0 Å². The second-order valence-electron chi connectivity index (χ2n) is 6.47. The number of hydrogen-bond acceptors (Lipinski definition) is 6. The van der Waals surface area contributed by atoms with Crippen LogP contribution in [-0.4, -0.2) is 32.1 Å². The minimum atomic E-state index is -5.93. The molecule has 2 rings (SSSR count). The second kappa shape index (κ2) is 7.26. The van der Waals surface area contributed by atoms with Gasteiger partial charge in [-0.05, 0) is 32.2 Å². The molecule has 6 nitrogen and oxygen atoms in total. The Kier molecular flexibility index (Phi) is 5.60. The lowest BCUT2D eigenvalue weighted by molar-refractivity contribution is -0.157. The molecule has 0 N–H and O–H groups in total. The van der Waals surface area contributed by atoms with Crippen LogP contribution in [-0.2, 0) is 19.6 Å². The number of carbonyl (C=O) groups is 1. The highest BCUT2D eigenvalue weighted by Crippen LogP contribution is 2.39. The van der Waals surface area contributed by atoms with Gasteiger partial charge < -0.3 is 13.7 Å². The summed E-state index contributed by atoms with van der Waals surface area (Å²) in [5.74, 6) is -1.78. The summed E-state index contributed by atoms with van der Waals surface area (Å²) in [6.45, 7) is 4.25. The van der Waals surface area contributed by atoms with E-state index >= 15 is 0 Å². The number of fused-ring (bicyclic) bond motifs is 1. The van der Waals surface area contributed by atoms with Crippen molar-refractivity contribution in [3.8, 4) is 11.5 Å². The van der Waals surface area contributed by atoms with E-state index in [0.29, 0.717) is 5.39 Å². The highest BCUT2D eigenvalue weighted by Gasteiger charge is 2.49. The number of halogens is 3. The normalized spacial score (nSPS) is 12.7. The van der Waals surface area contributed by atoms with Crippen molar-refractivity contribution >= 4 is 26.9 Å². The number of alkyl halides is 3. The van der Waals surface area contributed by atoms with Crippen LogP contribution in [0.1, 0.15) is 20.8 Å². The maximum atomic E-state index is 12.7. The lowest BCUT2D eigenvalue weighted by Crippen LogP contribution is -2.29. The van der Waals surface area contributed by atoms with E-state index in [0.717, 1.165) is 0 Å². The first-order chi connectivity index (χ1) is 12.3. The number of esters is 1. The Labute approximate surface area is 154 Å². The van der Waals surface area contributed by atoms with E-state index in [1.54, 1.807) is 32.9 Å². The third-order valence-corrected chi connectivity index (χ3v) is 4.04. The molecule has 27 heavy (non-hydrogen) atoms. The smallest absolute Gasteiger partial charge is 0.478 e. The lowest BCUT2D eigenvalue weighted by atomic mass is 10.1. The van der Waals surface area contributed by atoms with Crippen molar-refractivity contribution in [1.29, 1.82) is 0 Å². The number of rotatable bonds is 5. The third kappa shape index (κ3) is 5.25. The summed E-state index contributed by atoms with van der Waals surface area (Å²) >= 11 is 0. The van der Waals surface area contributed by atoms with E-state index in [9.17, 15) is 26.4 Å². The van der Waals surface area contributed by atoms with Gasteiger partial charge >= 0.3 is 21.6 Å². The highest BCUT2D eigenvalue weighted by atomic mass is 32.2. The first kappa shape index (κ1) is 20.8. The van der Waals surface area contributed by atoms with Gasteiger partial charge in [0.2, 0.25) is 0 Å². The topological polar surface area (TPSA) is 78.9 Å². The SMILES string of the molecule is CC(C)(C)OC(=O)COc1ccc2ccccc2c1OS(=O)(=O)C(F)(F)F. The van der Waals surface area contributed by atoms with Gasteiger partial charge in [0.15, 0.2) is 18.1 Å². The fraction of sp³-hybridized carbons (Fsp3) is 0.353. The molecule has 0 fully saturated rings. The van der Waals surface area contributed by atoms with Crippen LogP contribution in [0.3, 0.4) is 0 Å². The van der Waals surface area contributed by atoms with Crippen LogP contribution in [0.15, 0.2) is 36.4 Å². The molecule has 0 saturated carbocycles. The maximum absolute atomic E-state index is 12.7. The van der Waals surface area contributed by atoms with Gasteiger partial charge in [-0.25, -0.2) is 4.79 Å². The molecule has 10 heteroatoms. The van der Waals surface area contributed by atoms with E-state index in [1.165, 1.54) is 24.3 Å². The predicted octanol–water partition coefficient (Wildman–Crippen LogP) is 3.79. The number of ether oxygens (including phenoxy) is 2. The standard InChI is InChI=1S/C17H17F3O6S/c1-16(2,3)25-14(21)10-24-13-9-8-11-6-4-5-7-12(11)15(13)26-27(22,23)17(18,19)20/h4-9H,10H2,1-3H3. The molecule has 0 saturated heterocycles. The molecule has 2 aromatic carbocycles. The maximum Gasteiger partial charge on any atom is 0.534 e. The Hall–Kier alpha value is -2.49. The van der Waals surface area contributed by atoms with Crippen molar-refractivity contribution in [1.82, 2.24) is 0 Å². The molecule has 0 heterocycles. The molecular weight excluding hydrogens is 389 g/mol. The largest absolute Gasteiger partial charge is 0.534 e. The molecule has 2 aromatic rings. The van der Waals surface area contributed by atoms with Gasteiger partial charge in [0.05, 0.1) is 0 Å². The van der Waals surface area contributed by atoms with E-state index < -0.39 is 39.6 Å². The minimum Gasteiger partial charge on any atom is -0.478 e. The fourth-order valence-corrected chi connectivity index (χ4v) is 2.57. The molecule has 0 aliphatic rings. The molecule has 0 bridgehead atoms. The first-order valence-electron chi connectivity index (χ1n) is 7.67. The molecule has 0 amide bonds. The summed E-state index contributed by atoms with van der Waals surface area (Å²) in [5.41, 5.74) is -6.41. The van der Waals surface area contributed by atoms with Crippen LogP contribution in [0.4, 0.5) is 13.2 Å². The average molecular weight is 406 g/mol. The molecule has 148 valence electrons. The first-order valence-corrected chi connectivity index (χ1v) is 9.08. The monoisotopic (exact) mass is 406 g/mol. The Morgan fingerprint density at radius 3 is 2.26 bits per heavy atom. The number of hydrogen-bond donors (Lipinski definition) is 0. The van der Waals surface area contributed by atoms with E-state index in [1.807, 2.05) is 0 Å². The molecular formula is C17H17F3O6S. The molecule has 0 aliphatic carbocycles. The molecule has 0 atom stereocenters. The third-order valence-electron chi connectivity index (χ3n) is 3.09. The van der Waals surface area contributed by atoms with Crippen LogP contribution in [0.5, 0.6) is 11.5 Å². The van der Waals surface area contributed by atoms with Gasteiger partial charge in [0, 0.05) is 5.39 Å².